The first-order chi connectivity index (χ1) is 11.8. The van der Waals surface area contributed by atoms with Crippen LogP contribution >= 0.6 is 0 Å². The molecule has 25 heavy (non-hydrogen) atoms. The zero-order valence-corrected chi connectivity index (χ0v) is 15.2. The van der Waals surface area contributed by atoms with Crippen molar-refractivity contribution in [2.24, 2.45) is 17.3 Å². The molecule has 2 aliphatic carbocycles. The Morgan fingerprint density at radius 2 is 1.96 bits per heavy atom. The SMILES string of the molecule is C=C(C)[C@@H]1C[C@H](OC(=O)c2ccccc2)[C@@]2(C1)C(C)=CC(=O)CC2C. The quantitative estimate of drug-likeness (QED) is 0.590. The van der Waals surface area contributed by atoms with Crippen LogP contribution in [0.1, 0.15) is 50.4 Å². The van der Waals surface area contributed by atoms with Gasteiger partial charge in [-0.3, -0.25) is 4.79 Å². The van der Waals surface area contributed by atoms with Gasteiger partial charge in [0.25, 0.3) is 0 Å². The molecule has 132 valence electrons. The minimum Gasteiger partial charge on any atom is -0.458 e. The van der Waals surface area contributed by atoms with Gasteiger partial charge in [-0.25, -0.2) is 4.79 Å². The largest absolute Gasteiger partial charge is 0.458 e. The van der Waals surface area contributed by atoms with Crippen molar-refractivity contribution in [2.75, 3.05) is 0 Å². The maximum absolute atomic E-state index is 12.6. The molecule has 3 rings (SSSR count). The zero-order valence-electron chi connectivity index (χ0n) is 15.2. The van der Waals surface area contributed by atoms with Crippen LogP contribution in [0.5, 0.6) is 0 Å². The lowest BCUT2D eigenvalue weighted by atomic mass is 9.63. The number of benzene rings is 1. The number of hydrogen-bond acceptors (Lipinski definition) is 3. The molecule has 0 saturated heterocycles. The predicted molar refractivity (Wildman–Crippen MR) is 98.2 cm³/mol. The van der Waals surface area contributed by atoms with Gasteiger partial charge in [-0.05, 0) is 56.7 Å². The molecule has 3 nitrogen and oxygen atoms in total. The Morgan fingerprint density at radius 3 is 2.56 bits per heavy atom. The normalized spacial score (nSPS) is 31.7. The molecular weight excluding hydrogens is 312 g/mol. The van der Waals surface area contributed by atoms with Crippen molar-refractivity contribution in [2.45, 2.75) is 46.1 Å². The monoisotopic (exact) mass is 338 g/mol. The van der Waals surface area contributed by atoms with E-state index in [0.717, 1.165) is 24.0 Å². The molecule has 3 heteroatoms. The van der Waals surface area contributed by atoms with Crippen molar-refractivity contribution in [1.29, 1.82) is 0 Å². The number of ketones is 1. The van der Waals surface area contributed by atoms with Gasteiger partial charge in [0.2, 0.25) is 0 Å². The summed E-state index contributed by atoms with van der Waals surface area (Å²) >= 11 is 0. The summed E-state index contributed by atoms with van der Waals surface area (Å²) in [6.07, 6.45) is 3.72. The van der Waals surface area contributed by atoms with E-state index < -0.39 is 0 Å². The molecule has 1 saturated carbocycles. The lowest BCUT2D eigenvalue weighted by Crippen LogP contribution is -2.43. The molecule has 0 radical (unpaired) electrons. The Morgan fingerprint density at radius 1 is 1.28 bits per heavy atom. The van der Waals surface area contributed by atoms with Crippen molar-refractivity contribution in [1.82, 2.24) is 0 Å². The molecule has 0 heterocycles. The summed E-state index contributed by atoms with van der Waals surface area (Å²) in [4.78, 5) is 24.6. The maximum Gasteiger partial charge on any atom is 0.338 e. The van der Waals surface area contributed by atoms with Crippen molar-refractivity contribution in [3.8, 4) is 0 Å². The minimum absolute atomic E-state index is 0.155. The fourth-order valence-corrected chi connectivity index (χ4v) is 4.63. The minimum atomic E-state index is -0.288. The topological polar surface area (TPSA) is 43.4 Å². The second-order valence-corrected chi connectivity index (χ2v) is 7.68. The molecule has 2 aliphatic rings. The van der Waals surface area contributed by atoms with Gasteiger partial charge in [-0.2, -0.15) is 0 Å². The first kappa shape index (κ1) is 17.7. The van der Waals surface area contributed by atoms with E-state index in [4.69, 9.17) is 4.74 Å². The van der Waals surface area contributed by atoms with Crippen LogP contribution in [0.3, 0.4) is 0 Å². The summed E-state index contributed by atoms with van der Waals surface area (Å²) < 4.78 is 6.02. The summed E-state index contributed by atoms with van der Waals surface area (Å²) in [5.74, 6) is 0.349. The van der Waals surface area contributed by atoms with Crippen LogP contribution in [0.4, 0.5) is 0 Å². The standard InChI is InChI=1S/C22H26O3/c1-14(2)18-12-20(25-21(24)17-8-6-5-7-9-17)22(13-18)15(3)10-19(23)11-16(22)4/h5-10,16,18,20H,1,11-13H2,2-4H3/t16?,18-,20+,22+/m1/s1. The third-order valence-electron chi connectivity index (χ3n) is 6.11. The highest BCUT2D eigenvalue weighted by molar-refractivity contribution is 5.92. The maximum atomic E-state index is 12.6. The van der Waals surface area contributed by atoms with E-state index >= 15 is 0 Å². The van der Waals surface area contributed by atoms with Gasteiger partial charge in [-0.15, -0.1) is 0 Å². The van der Waals surface area contributed by atoms with Gasteiger partial charge in [0, 0.05) is 11.8 Å². The number of hydrogen-bond donors (Lipinski definition) is 0. The van der Waals surface area contributed by atoms with Gasteiger partial charge in [0.05, 0.1) is 5.56 Å². The highest BCUT2D eigenvalue weighted by Crippen LogP contribution is 2.57. The third kappa shape index (κ3) is 3.08. The van der Waals surface area contributed by atoms with E-state index in [0.29, 0.717) is 17.9 Å². The number of allylic oxidation sites excluding steroid dienone is 2. The fourth-order valence-electron chi connectivity index (χ4n) is 4.63. The van der Waals surface area contributed by atoms with Crippen LogP contribution in [0.15, 0.2) is 54.1 Å². The Kier molecular flexibility index (Phi) is 4.68. The van der Waals surface area contributed by atoms with Crippen molar-refractivity contribution >= 4 is 11.8 Å². The fraction of sp³-hybridized carbons (Fsp3) is 0.455. The van der Waals surface area contributed by atoms with Crippen LogP contribution in [0, 0.1) is 17.3 Å². The van der Waals surface area contributed by atoms with E-state index in [1.165, 1.54) is 0 Å². The van der Waals surface area contributed by atoms with Crippen molar-refractivity contribution in [3.63, 3.8) is 0 Å². The van der Waals surface area contributed by atoms with E-state index in [1.807, 2.05) is 32.0 Å². The number of esters is 1. The second kappa shape index (κ2) is 6.62. The zero-order chi connectivity index (χ0) is 18.2. The Hall–Kier alpha value is -2.16. The highest BCUT2D eigenvalue weighted by Gasteiger charge is 2.55. The molecule has 1 aromatic rings. The summed E-state index contributed by atoms with van der Waals surface area (Å²) in [5.41, 5.74) is 2.47. The van der Waals surface area contributed by atoms with E-state index in [1.54, 1.807) is 18.2 Å². The van der Waals surface area contributed by atoms with Gasteiger partial charge in [0.1, 0.15) is 6.10 Å². The first-order valence-electron chi connectivity index (χ1n) is 8.97. The Labute approximate surface area is 149 Å². The summed E-state index contributed by atoms with van der Waals surface area (Å²) in [7, 11) is 0. The number of rotatable bonds is 3. The summed E-state index contributed by atoms with van der Waals surface area (Å²) in [5, 5.41) is 0. The molecule has 0 aliphatic heterocycles. The molecule has 1 fully saturated rings. The lowest BCUT2D eigenvalue weighted by molar-refractivity contribution is -0.118. The van der Waals surface area contributed by atoms with E-state index in [2.05, 4.69) is 13.5 Å². The average molecular weight is 338 g/mol. The molecule has 0 N–H and O–H groups in total. The third-order valence-corrected chi connectivity index (χ3v) is 6.11. The first-order valence-corrected chi connectivity index (χ1v) is 8.97. The van der Waals surface area contributed by atoms with Gasteiger partial charge >= 0.3 is 5.97 Å². The molecule has 1 unspecified atom stereocenters. The smallest absolute Gasteiger partial charge is 0.338 e. The van der Waals surface area contributed by atoms with E-state index in [9.17, 15) is 9.59 Å². The lowest BCUT2D eigenvalue weighted by Gasteiger charge is -2.43. The summed E-state index contributed by atoms with van der Waals surface area (Å²) in [6.45, 7) is 10.3. The Bertz CT molecular complexity index is 731. The van der Waals surface area contributed by atoms with Crippen molar-refractivity contribution in [3.05, 3.63) is 59.7 Å². The molecule has 1 aromatic carbocycles. The van der Waals surface area contributed by atoms with E-state index in [-0.39, 0.29) is 29.2 Å². The molecule has 4 atom stereocenters. The van der Waals surface area contributed by atoms with Gasteiger partial charge in [0.15, 0.2) is 5.78 Å². The predicted octanol–water partition coefficient (Wildman–Crippen LogP) is 4.74. The van der Waals surface area contributed by atoms with Gasteiger partial charge < -0.3 is 4.74 Å². The van der Waals surface area contributed by atoms with Crippen LogP contribution in [-0.2, 0) is 9.53 Å². The van der Waals surface area contributed by atoms with Crippen LogP contribution in [-0.4, -0.2) is 17.9 Å². The highest BCUT2D eigenvalue weighted by atomic mass is 16.5. The van der Waals surface area contributed by atoms with Crippen LogP contribution < -0.4 is 0 Å². The number of carbonyl (C=O) groups is 2. The van der Waals surface area contributed by atoms with Crippen LogP contribution in [0.2, 0.25) is 0 Å². The number of carbonyl (C=O) groups excluding carboxylic acids is 2. The molecule has 1 spiro atoms. The molecule has 0 amide bonds. The Balaban J connectivity index is 1.94. The van der Waals surface area contributed by atoms with Crippen molar-refractivity contribution < 1.29 is 14.3 Å². The average Bonchev–Trinajstić information content (AvgIpc) is 2.94. The molecule has 0 bridgehead atoms. The number of ether oxygens (including phenoxy) is 1. The second-order valence-electron chi connectivity index (χ2n) is 7.68. The molecular formula is C22H26O3. The summed E-state index contributed by atoms with van der Waals surface area (Å²) in [6, 6.07) is 9.11. The molecule has 0 aromatic heterocycles. The van der Waals surface area contributed by atoms with Gasteiger partial charge in [-0.1, -0.05) is 42.8 Å². The van der Waals surface area contributed by atoms with Crippen LogP contribution in [0.25, 0.3) is 0 Å².